The molecule has 41 heavy (non-hydrogen) atoms. The molecule has 2 aliphatic heterocycles. The number of urea groups is 1. The van der Waals surface area contributed by atoms with Crippen molar-refractivity contribution in [3.8, 4) is 0 Å². The maximum atomic E-state index is 13.4. The van der Waals surface area contributed by atoms with Gasteiger partial charge in [-0.3, -0.25) is 14.5 Å². The van der Waals surface area contributed by atoms with E-state index in [0.29, 0.717) is 43.5 Å². The van der Waals surface area contributed by atoms with Gasteiger partial charge in [-0.1, -0.05) is 60.7 Å². The van der Waals surface area contributed by atoms with Gasteiger partial charge in [0.05, 0.1) is 17.5 Å². The van der Waals surface area contributed by atoms with Crippen LogP contribution in [0, 0.1) is 0 Å². The summed E-state index contributed by atoms with van der Waals surface area (Å²) < 4.78 is 23.5. The van der Waals surface area contributed by atoms with Gasteiger partial charge in [0.15, 0.2) is 9.84 Å². The first-order valence-corrected chi connectivity index (χ1v) is 15.6. The summed E-state index contributed by atoms with van der Waals surface area (Å²) in [6, 6.07) is 24.7. The van der Waals surface area contributed by atoms with Crippen molar-refractivity contribution in [3.63, 3.8) is 0 Å². The van der Waals surface area contributed by atoms with Crippen molar-refractivity contribution < 1.29 is 22.8 Å². The van der Waals surface area contributed by atoms with E-state index in [2.05, 4.69) is 15.5 Å². The number of hydrogen-bond donors (Lipinski definition) is 2. The van der Waals surface area contributed by atoms with Crippen molar-refractivity contribution in [2.75, 3.05) is 25.9 Å². The molecule has 10 heteroatoms. The summed E-state index contributed by atoms with van der Waals surface area (Å²) in [6.45, 7) is 2.08. The van der Waals surface area contributed by atoms with Gasteiger partial charge in [0.1, 0.15) is 5.54 Å². The highest BCUT2D eigenvalue weighted by Crippen LogP contribution is 2.31. The Morgan fingerprint density at radius 2 is 1.54 bits per heavy atom. The number of nitrogens with one attached hydrogen (secondary N) is 2. The molecule has 214 valence electrons. The number of hydrogen-bond acceptors (Lipinski definition) is 6. The number of nitrogens with zero attached hydrogens (tertiary/aromatic N) is 2. The van der Waals surface area contributed by atoms with Crippen LogP contribution in [0.15, 0.2) is 89.8 Å². The minimum Gasteiger partial charge on any atom is -0.345 e. The van der Waals surface area contributed by atoms with Crippen LogP contribution in [-0.4, -0.2) is 67.5 Å². The van der Waals surface area contributed by atoms with Gasteiger partial charge in [-0.25, -0.2) is 13.2 Å². The van der Waals surface area contributed by atoms with Crippen LogP contribution < -0.4 is 10.6 Å². The van der Waals surface area contributed by atoms with Gasteiger partial charge in [-0.2, -0.15) is 0 Å². The van der Waals surface area contributed by atoms with Crippen LogP contribution >= 0.6 is 0 Å². The second-order valence-corrected chi connectivity index (χ2v) is 12.8. The number of piperidine rings is 1. The number of carbonyl (C=O) groups excluding carboxylic acids is 3. The zero-order valence-corrected chi connectivity index (χ0v) is 23.8. The van der Waals surface area contributed by atoms with Crippen molar-refractivity contribution in [2.45, 2.75) is 42.3 Å². The summed E-state index contributed by atoms with van der Waals surface area (Å²) in [4.78, 5) is 42.8. The van der Waals surface area contributed by atoms with Gasteiger partial charge < -0.3 is 15.5 Å². The monoisotopic (exact) mass is 574 g/mol. The summed E-state index contributed by atoms with van der Waals surface area (Å²) >= 11 is 0. The van der Waals surface area contributed by atoms with Crippen LogP contribution in [0.1, 0.15) is 46.8 Å². The highest BCUT2D eigenvalue weighted by atomic mass is 32.2. The Kier molecular flexibility index (Phi) is 8.23. The number of amides is 4. The third kappa shape index (κ3) is 6.49. The molecule has 5 rings (SSSR count). The van der Waals surface area contributed by atoms with E-state index in [9.17, 15) is 22.8 Å². The standard InChI is InChI=1S/C31H34N4O5S/c1-41(39,40)26-14-12-23(13-15-26)22-35-29(37)31(33-30(35)38)17-20-34(21-18-31)19-16-27(24-8-4-2-5-9-24)32-28(36)25-10-6-3-7-11-25/h2-15,27H,16-22H2,1H3,(H,32,36)(H,33,38)/t27-/m0/s1. The molecule has 2 saturated heterocycles. The third-order valence-electron chi connectivity index (χ3n) is 7.92. The second kappa shape index (κ2) is 11.8. The first-order valence-electron chi connectivity index (χ1n) is 13.7. The molecular weight excluding hydrogens is 540 g/mol. The van der Waals surface area contributed by atoms with Crippen LogP contribution in [0.5, 0.6) is 0 Å². The van der Waals surface area contributed by atoms with Crippen LogP contribution in [0.25, 0.3) is 0 Å². The largest absolute Gasteiger partial charge is 0.345 e. The maximum absolute atomic E-state index is 13.4. The van der Waals surface area contributed by atoms with Crippen LogP contribution in [-0.2, 0) is 21.2 Å². The van der Waals surface area contributed by atoms with Crippen LogP contribution in [0.4, 0.5) is 4.79 Å². The van der Waals surface area contributed by atoms with Gasteiger partial charge in [0.2, 0.25) is 0 Å². The first kappa shape index (κ1) is 28.5. The molecule has 9 nitrogen and oxygen atoms in total. The lowest BCUT2D eigenvalue weighted by molar-refractivity contribution is -0.133. The lowest BCUT2D eigenvalue weighted by atomic mass is 9.87. The van der Waals surface area contributed by atoms with Gasteiger partial charge >= 0.3 is 6.03 Å². The summed E-state index contributed by atoms with van der Waals surface area (Å²) in [5.74, 6) is -0.367. The minimum atomic E-state index is -3.33. The zero-order valence-electron chi connectivity index (χ0n) is 23.0. The van der Waals surface area contributed by atoms with Crippen LogP contribution in [0.2, 0.25) is 0 Å². The van der Waals surface area contributed by atoms with E-state index in [0.717, 1.165) is 18.4 Å². The SMILES string of the molecule is CS(=O)(=O)c1ccc(CN2C(=O)NC3(CCN(CC[C@H](NC(=O)c4ccccc4)c4ccccc4)CC3)C2=O)cc1. The molecule has 1 atom stereocenters. The first-order chi connectivity index (χ1) is 19.6. The fourth-order valence-electron chi connectivity index (χ4n) is 5.49. The Morgan fingerprint density at radius 3 is 2.15 bits per heavy atom. The predicted molar refractivity (Wildman–Crippen MR) is 155 cm³/mol. The van der Waals surface area contributed by atoms with Gasteiger partial charge in [-0.15, -0.1) is 0 Å². The molecule has 0 bridgehead atoms. The molecule has 2 N–H and O–H groups in total. The molecule has 2 heterocycles. The highest BCUT2D eigenvalue weighted by Gasteiger charge is 2.52. The van der Waals surface area contributed by atoms with E-state index in [1.165, 1.54) is 17.0 Å². The number of carbonyl (C=O) groups is 3. The van der Waals surface area contributed by atoms with Crippen molar-refractivity contribution in [1.82, 2.24) is 20.4 Å². The normalized spacial score (nSPS) is 17.8. The van der Waals surface area contributed by atoms with E-state index in [-0.39, 0.29) is 29.3 Å². The number of rotatable bonds is 9. The number of imide groups is 1. The minimum absolute atomic E-state index is 0.0834. The molecule has 0 aliphatic carbocycles. The molecule has 0 aromatic heterocycles. The summed E-state index contributed by atoms with van der Waals surface area (Å²) in [6.07, 6.45) is 2.82. The Labute approximate surface area is 240 Å². The van der Waals surface area contributed by atoms with E-state index in [4.69, 9.17) is 0 Å². The van der Waals surface area contributed by atoms with Gasteiger partial charge in [0, 0.05) is 31.5 Å². The summed E-state index contributed by atoms with van der Waals surface area (Å²) in [5, 5.41) is 6.11. The van der Waals surface area contributed by atoms with E-state index >= 15 is 0 Å². The van der Waals surface area contributed by atoms with Crippen molar-refractivity contribution in [3.05, 3.63) is 102 Å². The Bertz CT molecular complexity index is 1500. The fraction of sp³-hybridized carbons (Fsp3) is 0.323. The smallest absolute Gasteiger partial charge is 0.325 e. The van der Waals surface area contributed by atoms with E-state index < -0.39 is 21.4 Å². The molecule has 2 fully saturated rings. The number of sulfone groups is 1. The fourth-order valence-corrected chi connectivity index (χ4v) is 6.12. The zero-order chi connectivity index (χ0) is 29.0. The summed E-state index contributed by atoms with van der Waals surface area (Å²) in [5.41, 5.74) is 1.39. The molecule has 3 aromatic carbocycles. The molecule has 0 unspecified atom stereocenters. The predicted octanol–water partition coefficient (Wildman–Crippen LogP) is 3.54. The number of benzene rings is 3. The summed E-state index contributed by atoms with van der Waals surface area (Å²) in [7, 11) is -3.33. The lowest BCUT2D eigenvalue weighted by Crippen LogP contribution is -2.55. The Hall–Kier alpha value is -4.02. The average Bonchev–Trinajstić information content (AvgIpc) is 3.20. The average molecular weight is 575 g/mol. The molecular formula is C31H34N4O5S. The van der Waals surface area contributed by atoms with E-state index in [1.54, 1.807) is 24.3 Å². The molecule has 0 saturated carbocycles. The molecule has 4 amide bonds. The van der Waals surface area contributed by atoms with Gasteiger partial charge in [-0.05, 0) is 54.7 Å². The molecule has 3 aromatic rings. The second-order valence-electron chi connectivity index (χ2n) is 10.8. The van der Waals surface area contributed by atoms with Gasteiger partial charge in [0.25, 0.3) is 11.8 Å². The van der Waals surface area contributed by atoms with E-state index in [1.807, 2.05) is 48.5 Å². The molecule has 1 spiro atoms. The van der Waals surface area contributed by atoms with Crippen molar-refractivity contribution >= 4 is 27.7 Å². The lowest BCUT2D eigenvalue weighted by Gasteiger charge is -2.37. The Balaban J connectivity index is 1.18. The maximum Gasteiger partial charge on any atom is 0.325 e. The quantitative estimate of drug-likeness (QED) is 0.378. The third-order valence-corrected chi connectivity index (χ3v) is 9.05. The topological polar surface area (TPSA) is 116 Å². The van der Waals surface area contributed by atoms with Crippen LogP contribution in [0.3, 0.4) is 0 Å². The van der Waals surface area contributed by atoms with Crippen molar-refractivity contribution in [1.29, 1.82) is 0 Å². The Morgan fingerprint density at radius 1 is 0.927 bits per heavy atom. The highest BCUT2D eigenvalue weighted by molar-refractivity contribution is 7.90. The van der Waals surface area contributed by atoms with Crippen molar-refractivity contribution in [2.24, 2.45) is 0 Å². The number of likely N-dealkylation sites (tertiary alicyclic amines) is 1. The molecule has 2 aliphatic rings. The molecule has 0 radical (unpaired) electrons.